The van der Waals surface area contributed by atoms with Gasteiger partial charge < -0.3 is 10.1 Å². The van der Waals surface area contributed by atoms with Crippen molar-refractivity contribution in [3.8, 4) is 0 Å². The van der Waals surface area contributed by atoms with Crippen molar-refractivity contribution >= 4 is 11.3 Å². The molecule has 0 aliphatic carbocycles. The molecule has 0 fully saturated rings. The second-order valence-corrected chi connectivity index (χ2v) is 6.63. The summed E-state index contributed by atoms with van der Waals surface area (Å²) in [5.74, 6) is 0. The first-order valence-electron chi connectivity index (χ1n) is 7.76. The van der Waals surface area contributed by atoms with Gasteiger partial charge in [-0.15, -0.1) is 11.3 Å². The van der Waals surface area contributed by atoms with Crippen LogP contribution in [0.15, 0.2) is 5.38 Å². The second-order valence-electron chi connectivity index (χ2n) is 5.69. The minimum atomic E-state index is 0.341. The summed E-state index contributed by atoms with van der Waals surface area (Å²) < 4.78 is 5.12. The van der Waals surface area contributed by atoms with Crippen LogP contribution in [-0.4, -0.2) is 31.8 Å². The van der Waals surface area contributed by atoms with Crippen molar-refractivity contribution in [3.63, 3.8) is 0 Å². The van der Waals surface area contributed by atoms with Crippen LogP contribution in [-0.2, 0) is 11.2 Å². The van der Waals surface area contributed by atoms with E-state index in [0.29, 0.717) is 5.41 Å². The average Bonchev–Trinajstić information content (AvgIpc) is 2.86. The Kier molecular flexibility index (Phi) is 8.34. The molecule has 1 aromatic rings. The van der Waals surface area contributed by atoms with E-state index in [0.717, 1.165) is 31.8 Å². The lowest BCUT2D eigenvalue weighted by molar-refractivity contribution is 0.182. The lowest BCUT2D eigenvalue weighted by Crippen LogP contribution is -2.37. The predicted octanol–water partition coefficient (Wildman–Crippen LogP) is 3.82. The van der Waals surface area contributed by atoms with Gasteiger partial charge in [0.15, 0.2) is 0 Å². The van der Waals surface area contributed by atoms with Crippen LogP contribution < -0.4 is 5.32 Å². The van der Waals surface area contributed by atoms with Crippen LogP contribution >= 0.6 is 11.3 Å². The number of hydrogen-bond donors (Lipinski definition) is 1. The third-order valence-electron chi connectivity index (χ3n) is 3.99. The Morgan fingerprint density at radius 3 is 2.75 bits per heavy atom. The molecule has 0 spiro atoms. The number of aryl methyl sites for hydroxylation is 1. The molecular weight excluding hydrogens is 268 g/mol. The smallest absolute Gasteiger partial charge is 0.0934 e. The molecule has 0 aliphatic heterocycles. The molecule has 0 saturated carbocycles. The summed E-state index contributed by atoms with van der Waals surface area (Å²) in [7, 11) is 1.75. The van der Waals surface area contributed by atoms with Gasteiger partial charge in [-0.3, -0.25) is 0 Å². The van der Waals surface area contributed by atoms with E-state index in [-0.39, 0.29) is 0 Å². The molecule has 1 unspecified atom stereocenters. The average molecular weight is 298 g/mol. The fourth-order valence-corrected chi connectivity index (χ4v) is 3.50. The van der Waals surface area contributed by atoms with E-state index in [4.69, 9.17) is 4.74 Å². The number of nitrogens with one attached hydrogen (secondary N) is 1. The maximum absolute atomic E-state index is 5.12. The van der Waals surface area contributed by atoms with Crippen LogP contribution in [0, 0.1) is 12.3 Å². The number of unbranched alkanes of at least 4 members (excludes halogenated alkanes) is 1. The van der Waals surface area contributed by atoms with E-state index in [1.807, 2.05) is 0 Å². The van der Waals surface area contributed by atoms with Crippen LogP contribution in [0.1, 0.15) is 50.2 Å². The number of rotatable bonds is 11. The van der Waals surface area contributed by atoms with E-state index in [9.17, 15) is 0 Å². The Morgan fingerprint density at radius 2 is 2.20 bits per heavy atom. The van der Waals surface area contributed by atoms with Crippen LogP contribution in [0.3, 0.4) is 0 Å². The van der Waals surface area contributed by atoms with E-state index in [1.165, 1.54) is 30.7 Å². The summed E-state index contributed by atoms with van der Waals surface area (Å²) >= 11 is 1.81. The lowest BCUT2D eigenvalue weighted by atomic mass is 9.77. The van der Waals surface area contributed by atoms with Crippen molar-refractivity contribution in [1.82, 2.24) is 10.3 Å². The highest BCUT2D eigenvalue weighted by atomic mass is 32.1. The molecule has 1 N–H and O–H groups in total. The van der Waals surface area contributed by atoms with Gasteiger partial charge in [-0.2, -0.15) is 0 Å². The Balaban J connectivity index is 2.64. The number of methoxy groups -OCH3 is 1. The van der Waals surface area contributed by atoms with Gasteiger partial charge in [-0.25, -0.2) is 4.98 Å². The topological polar surface area (TPSA) is 34.1 Å². The zero-order chi connectivity index (χ0) is 14.8. The minimum Gasteiger partial charge on any atom is -0.383 e. The summed E-state index contributed by atoms with van der Waals surface area (Å²) in [6, 6.07) is 0. The molecule has 0 aromatic carbocycles. The van der Waals surface area contributed by atoms with E-state index >= 15 is 0 Å². The standard InChI is InChI=1S/C16H30N2OS/c1-5-7-8-16(6-2,13-17-9-10-19-4)11-15-18-14(3)12-20-15/h12,17H,5-11,13H2,1-4H3. The summed E-state index contributed by atoms with van der Waals surface area (Å²) in [5.41, 5.74) is 1.49. The van der Waals surface area contributed by atoms with Gasteiger partial charge in [-0.05, 0) is 25.2 Å². The third-order valence-corrected chi connectivity index (χ3v) is 4.95. The second kappa shape index (κ2) is 9.48. The highest BCUT2D eigenvalue weighted by Gasteiger charge is 2.28. The Hall–Kier alpha value is -0.450. The zero-order valence-corrected chi connectivity index (χ0v) is 14.3. The molecule has 116 valence electrons. The minimum absolute atomic E-state index is 0.341. The maximum atomic E-state index is 5.12. The Morgan fingerprint density at radius 1 is 1.40 bits per heavy atom. The molecule has 0 radical (unpaired) electrons. The number of aromatic nitrogens is 1. The molecular formula is C16H30N2OS. The van der Waals surface area contributed by atoms with Gasteiger partial charge in [0.05, 0.1) is 11.6 Å². The molecule has 0 saturated heterocycles. The molecule has 1 aromatic heterocycles. The van der Waals surface area contributed by atoms with Crippen molar-refractivity contribution in [2.45, 2.75) is 52.9 Å². The van der Waals surface area contributed by atoms with Gasteiger partial charge in [0.2, 0.25) is 0 Å². The zero-order valence-electron chi connectivity index (χ0n) is 13.5. The van der Waals surface area contributed by atoms with Crippen LogP contribution in [0.4, 0.5) is 0 Å². The van der Waals surface area contributed by atoms with Crippen LogP contribution in [0.2, 0.25) is 0 Å². The number of hydrogen-bond acceptors (Lipinski definition) is 4. The van der Waals surface area contributed by atoms with Gasteiger partial charge in [-0.1, -0.05) is 26.7 Å². The summed E-state index contributed by atoms with van der Waals surface area (Å²) in [4.78, 5) is 4.66. The number of thiazole rings is 1. The highest BCUT2D eigenvalue weighted by molar-refractivity contribution is 7.09. The molecule has 0 bridgehead atoms. The molecule has 0 aliphatic rings. The normalized spacial score (nSPS) is 14.4. The fourth-order valence-electron chi connectivity index (χ4n) is 2.55. The van der Waals surface area contributed by atoms with E-state index in [2.05, 4.69) is 36.5 Å². The largest absolute Gasteiger partial charge is 0.383 e. The predicted molar refractivity (Wildman–Crippen MR) is 87.5 cm³/mol. The SMILES string of the molecule is CCCCC(CC)(CNCCOC)Cc1nc(C)cs1. The van der Waals surface area contributed by atoms with Gasteiger partial charge in [0.25, 0.3) is 0 Å². The number of nitrogens with zero attached hydrogens (tertiary/aromatic N) is 1. The molecule has 1 rings (SSSR count). The van der Waals surface area contributed by atoms with Gasteiger partial charge in [0.1, 0.15) is 0 Å². The Labute approximate surface area is 128 Å². The third kappa shape index (κ3) is 5.90. The highest BCUT2D eigenvalue weighted by Crippen LogP contribution is 2.33. The van der Waals surface area contributed by atoms with Crippen LogP contribution in [0.25, 0.3) is 0 Å². The van der Waals surface area contributed by atoms with Crippen molar-refractivity contribution in [2.24, 2.45) is 5.41 Å². The molecule has 0 amide bonds. The molecule has 4 heteroatoms. The molecule has 3 nitrogen and oxygen atoms in total. The first kappa shape index (κ1) is 17.6. The quantitative estimate of drug-likeness (QED) is 0.631. The maximum Gasteiger partial charge on any atom is 0.0934 e. The first-order valence-corrected chi connectivity index (χ1v) is 8.64. The van der Waals surface area contributed by atoms with E-state index < -0.39 is 0 Å². The van der Waals surface area contributed by atoms with Crippen molar-refractivity contribution in [1.29, 1.82) is 0 Å². The van der Waals surface area contributed by atoms with Crippen molar-refractivity contribution in [2.75, 3.05) is 26.8 Å². The first-order chi connectivity index (χ1) is 9.65. The van der Waals surface area contributed by atoms with Crippen molar-refractivity contribution < 1.29 is 4.74 Å². The number of ether oxygens (including phenoxy) is 1. The fraction of sp³-hybridized carbons (Fsp3) is 0.812. The van der Waals surface area contributed by atoms with E-state index in [1.54, 1.807) is 18.4 Å². The van der Waals surface area contributed by atoms with Gasteiger partial charge in [0, 0.05) is 37.7 Å². The summed E-state index contributed by atoms with van der Waals surface area (Å²) in [6.45, 7) is 9.44. The van der Waals surface area contributed by atoms with Crippen LogP contribution in [0.5, 0.6) is 0 Å². The summed E-state index contributed by atoms with van der Waals surface area (Å²) in [5, 5.41) is 7.01. The Bertz CT molecular complexity index is 367. The monoisotopic (exact) mass is 298 g/mol. The summed E-state index contributed by atoms with van der Waals surface area (Å²) in [6.07, 6.45) is 6.13. The lowest BCUT2D eigenvalue weighted by Gasteiger charge is -2.32. The van der Waals surface area contributed by atoms with Crippen molar-refractivity contribution in [3.05, 3.63) is 16.1 Å². The molecule has 1 atom stereocenters. The van der Waals surface area contributed by atoms with Gasteiger partial charge >= 0.3 is 0 Å². The molecule has 1 heterocycles. The molecule has 20 heavy (non-hydrogen) atoms.